The van der Waals surface area contributed by atoms with Gasteiger partial charge in [-0.1, -0.05) is 12.1 Å². The molecule has 158 valence electrons. The maximum Gasteiger partial charge on any atom is 0.416 e. The molecule has 1 N–H and O–H groups in total. The van der Waals surface area contributed by atoms with Crippen molar-refractivity contribution in [1.82, 2.24) is 4.31 Å². The molecule has 0 radical (unpaired) electrons. The van der Waals surface area contributed by atoms with Crippen molar-refractivity contribution in [1.29, 1.82) is 0 Å². The van der Waals surface area contributed by atoms with Gasteiger partial charge in [-0.2, -0.15) is 13.2 Å². The Balaban J connectivity index is 1.88. The lowest BCUT2D eigenvalue weighted by atomic mass is 10.1. The van der Waals surface area contributed by atoms with Crippen LogP contribution >= 0.6 is 0 Å². The molecule has 1 aliphatic rings. The van der Waals surface area contributed by atoms with E-state index in [9.17, 15) is 21.6 Å². The number of nitrogens with zero attached hydrogens (tertiary/aromatic N) is 2. The molecule has 0 saturated carbocycles. The number of hydrogen-bond acceptors (Lipinski definition) is 4. The van der Waals surface area contributed by atoms with Crippen molar-refractivity contribution >= 4 is 21.4 Å². The van der Waals surface area contributed by atoms with E-state index >= 15 is 0 Å². The lowest BCUT2D eigenvalue weighted by molar-refractivity contribution is -0.137. The smallest absolute Gasteiger partial charge is 0.379 e. The molecule has 29 heavy (non-hydrogen) atoms. The standard InChI is InChI=1S/C20H24F3N3O2S/c1-25(2)29(27,28)17-7-5-6-15(12-17)14-24-18-13-16(20(21,22)23)8-9-19(18)26-10-3-4-11-26/h5-9,12-13,24H,3-4,10-11,14H2,1-2H3. The van der Waals surface area contributed by atoms with Gasteiger partial charge in [0.1, 0.15) is 0 Å². The van der Waals surface area contributed by atoms with Crippen molar-refractivity contribution in [2.45, 2.75) is 30.5 Å². The van der Waals surface area contributed by atoms with Crippen molar-refractivity contribution in [3.8, 4) is 0 Å². The Hall–Kier alpha value is -2.26. The first kappa shape index (κ1) is 21.4. The van der Waals surface area contributed by atoms with E-state index in [0.717, 1.165) is 48.1 Å². The van der Waals surface area contributed by atoms with Gasteiger partial charge in [0.05, 0.1) is 21.8 Å². The summed E-state index contributed by atoms with van der Waals surface area (Å²) in [7, 11) is -0.682. The van der Waals surface area contributed by atoms with Gasteiger partial charge in [0, 0.05) is 33.7 Å². The first-order chi connectivity index (χ1) is 13.6. The van der Waals surface area contributed by atoms with Crippen LogP contribution in [0.25, 0.3) is 0 Å². The number of sulfonamides is 1. The maximum atomic E-state index is 13.2. The highest BCUT2D eigenvalue weighted by Crippen LogP contribution is 2.36. The molecule has 9 heteroatoms. The monoisotopic (exact) mass is 427 g/mol. The minimum atomic E-state index is -4.43. The minimum absolute atomic E-state index is 0.144. The molecular formula is C20H24F3N3O2S. The Morgan fingerprint density at radius 2 is 1.76 bits per heavy atom. The van der Waals surface area contributed by atoms with Gasteiger partial charge in [-0.3, -0.25) is 0 Å². The Bertz CT molecular complexity index is 969. The van der Waals surface area contributed by atoms with E-state index in [-0.39, 0.29) is 11.4 Å². The van der Waals surface area contributed by atoms with Crippen LogP contribution in [0, 0.1) is 0 Å². The topological polar surface area (TPSA) is 52.7 Å². The first-order valence-corrected chi connectivity index (χ1v) is 10.7. The third-order valence-electron chi connectivity index (χ3n) is 4.93. The molecule has 0 unspecified atom stereocenters. The highest BCUT2D eigenvalue weighted by molar-refractivity contribution is 7.89. The highest BCUT2D eigenvalue weighted by atomic mass is 32.2. The molecule has 2 aromatic rings. The highest BCUT2D eigenvalue weighted by Gasteiger charge is 2.31. The van der Waals surface area contributed by atoms with Crippen molar-refractivity contribution in [2.24, 2.45) is 0 Å². The summed E-state index contributed by atoms with van der Waals surface area (Å²) >= 11 is 0. The molecule has 0 aromatic heterocycles. The summed E-state index contributed by atoms with van der Waals surface area (Å²) in [4.78, 5) is 2.21. The van der Waals surface area contributed by atoms with Crippen LogP contribution in [-0.2, 0) is 22.7 Å². The third kappa shape index (κ3) is 4.84. The summed E-state index contributed by atoms with van der Waals surface area (Å²) in [6.45, 7) is 1.81. The zero-order valence-corrected chi connectivity index (χ0v) is 17.1. The lowest BCUT2D eigenvalue weighted by Crippen LogP contribution is -2.22. The van der Waals surface area contributed by atoms with Crippen LogP contribution in [0.2, 0.25) is 0 Å². The van der Waals surface area contributed by atoms with Crippen molar-refractivity contribution in [3.63, 3.8) is 0 Å². The largest absolute Gasteiger partial charge is 0.416 e. The van der Waals surface area contributed by atoms with Crippen LogP contribution in [0.5, 0.6) is 0 Å². The van der Waals surface area contributed by atoms with Gasteiger partial charge in [-0.05, 0) is 48.7 Å². The number of halogens is 3. The van der Waals surface area contributed by atoms with Crippen molar-refractivity contribution in [3.05, 3.63) is 53.6 Å². The summed E-state index contributed by atoms with van der Waals surface area (Å²) < 4.78 is 65.3. The Morgan fingerprint density at radius 1 is 1.07 bits per heavy atom. The van der Waals surface area contributed by atoms with Crippen LogP contribution in [0.1, 0.15) is 24.0 Å². The molecule has 0 atom stereocenters. The van der Waals surface area contributed by atoms with Gasteiger partial charge < -0.3 is 10.2 Å². The second kappa shape index (κ2) is 8.23. The first-order valence-electron chi connectivity index (χ1n) is 9.30. The number of benzene rings is 2. The number of nitrogens with one attached hydrogen (secondary N) is 1. The van der Waals surface area contributed by atoms with Gasteiger partial charge in [0.25, 0.3) is 0 Å². The molecule has 1 saturated heterocycles. The molecule has 0 aliphatic carbocycles. The molecule has 0 amide bonds. The van der Waals surface area contributed by atoms with E-state index in [4.69, 9.17) is 0 Å². The van der Waals surface area contributed by atoms with E-state index in [1.54, 1.807) is 12.1 Å². The predicted octanol–water partition coefficient (Wildman–Crippen LogP) is 4.17. The van der Waals surface area contributed by atoms with Crippen molar-refractivity contribution in [2.75, 3.05) is 37.4 Å². The molecule has 1 heterocycles. The summed E-state index contributed by atoms with van der Waals surface area (Å²) in [5.41, 5.74) is 1.07. The summed E-state index contributed by atoms with van der Waals surface area (Å²) in [6, 6.07) is 10.1. The number of anilines is 2. The lowest BCUT2D eigenvalue weighted by Gasteiger charge is -2.23. The molecule has 5 nitrogen and oxygen atoms in total. The number of hydrogen-bond donors (Lipinski definition) is 1. The minimum Gasteiger partial charge on any atom is -0.379 e. The number of rotatable bonds is 6. The van der Waals surface area contributed by atoms with E-state index in [2.05, 4.69) is 10.2 Å². The maximum absolute atomic E-state index is 13.2. The van der Waals surface area contributed by atoms with Crippen molar-refractivity contribution < 1.29 is 21.6 Å². The van der Waals surface area contributed by atoms with Gasteiger partial charge in [0.2, 0.25) is 10.0 Å². The number of alkyl halides is 3. The van der Waals surface area contributed by atoms with Crippen LogP contribution in [0.4, 0.5) is 24.5 Å². The molecule has 1 aliphatic heterocycles. The van der Waals surface area contributed by atoms with Gasteiger partial charge in [-0.25, -0.2) is 12.7 Å². The molecule has 0 bridgehead atoms. The Labute approximate surface area is 169 Å². The van der Waals surface area contributed by atoms with E-state index in [0.29, 0.717) is 11.3 Å². The zero-order chi connectivity index (χ0) is 21.2. The van der Waals surface area contributed by atoms with Gasteiger partial charge in [0.15, 0.2) is 0 Å². The predicted molar refractivity (Wildman–Crippen MR) is 108 cm³/mol. The summed E-state index contributed by atoms with van der Waals surface area (Å²) in [5, 5.41) is 3.08. The van der Waals surface area contributed by atoms with E-state index in [1.165, 1.54) is 32.3 Å². The molecule has 1 fully saturated rings. The Kier molecular flexibility index (Phi) is 6.09. The summed E-state index contributed by atoms with van der Waals surface area (Å²) in [6.07, 6.45) is -2.42. The second-order valence-corrected chi connectivity index (χ2v) is 9.36. The van der Waals surface area contributed by atoms with E-state index < -0.39 is 21.8 Å². The fraction of sp³-hybridized carbons (Fsp3) is 0.400. The molecule has 3 rings (SSSR count). The van der Waals surface area contributed by atoms with Crippen LogP contribution in [-0.4, -0.2) is 39.9 Å². The van der Waals surface area contributed by atoms with Crippen LogP contribution in [0.3, 0.4) is 0 Å². The van der Waals surface area contributed by atoms with Gasteiger partial charge >= 0.3 is 6.18 Å². The average molecular weight is 427 g/mol. The molecule has 0 spiro atoms. The van der Waals surface area contributed by atoms with Crippen LogP contribution in [0.15, 0.2) is 47.4 Å². The molecule has 2 aromatic carbocycles. The van der Waals surface area contributed by atoms with E-state index in [1.807, 2.05) is 0 Å². The SMILES string of the molecule is CN(C)S(=O)(=O)c1cccc(CNc2cc(C(F)(F)F)ccc2N2CCCC2)c1. The average Bonchev–Trinajstić information content (AvgIpc) is 3.20. The molecular weight excluding hydrogens is 403 g/mol. The normalized spacial score (nSPS) is 15.2. The second-order valence-electron chi connectivity index (χ2n) is 7.21. The fourth-order valence-corrected chi connectivity index (χ4v) is 4.28. The third-order valence-corrected chi connectivity index (χ3v) is 6.74. The Morgan fingerprint density at radius 3 is 2.38 bits per heavy atom. The fourth-order valence-electron chi connectivity index (χ4n) is 3.31. The summed E-state index contributed by atoms with van der Waals surface area (Å²) in [5.74, 6) is 0. The van der Waals surface area contributed by atoms with Crippen LogP contribution < -0.4 is 10.2 Å². The van der Waals surface area contributed by atoms with Gasteiger partial charge in [-0.15, -0.1) is 0 Å². The zero-order valence-electron chi connectivity index (χ0n) is 16.3. The quantitative estimate of drug-likeness (QED) is 0.752.